The molecule has 0 aliphatic heterocycles. The van der Waals surface area contributed by atoms with Gasteiger partial charge in [-0.3, -0.25) is 0 Å². The molecule has 0 heterocycles. The van der Waals surface area contributed by atoms with Gasteiger partial charge in [0.15, 0.2) is 0 Å². The molecule has 21 heavy (non-hydrogen) atoms. The zero-order valence-corrected chi connectivity index (χ0v) is 16.8. The van der Waals surface area contributed by atoms with Crippen LogP contribution in [0.15, 0.2) is 0 Å². The second-order valence-corrected chi connectivity index (χ2v) is 10.5. The van der Waals surface area contributed by atoms with Crippen molar-refractivity contribution in [2.45, 2.75) is 41.5 Å². The van der Waals surface area contributed by atoms with Crippen LogP contribution in [0.25, 0.3) is 0 Å². The first-order chi connectivity index (χ1) is 8.97. The van der Waals surface area contributed by atoms with Gasteiger partial charge < -0.3 is 12.3 Å². The Hall–Kier alpha value is 0.394. The number of rotatable bonds is 12. The van der Waals surface area contributed by atoms with E-state index in [0.717, 1.165) is 0 Å². The molecule has 0 rings (SSSR count). The van der Waals surface area contributed by atoms with Gasteiger partial charge in [-0.2, -0.15) is 0 Å². The monoisotopic (exact) mass is 354 g/mol. The van der Waals surface area contributed by atoms with Gasteiger partial charge in [-0.25, -0.2) is 0 Å². The Bertz CT molecular complexity index is 199. The third-order valence-corrected chi connectivity index (χ3v) is 10.9. The predicted molar refractivity (Wildman–Crippen MR) is 81.7 cm³/mol. The fraction of sp³-hybridized carbons (Fsp3) is 1.00. The van der Waals surface area contributed by atoms with Gasteiger partial charge in [0.2, 0.25) is 0 Å². The van der Waals surface area contributed by atoms with Crippen molar-refractivity contribution < 1.29 is 36.3 Å². The van der Waals surface area contributed by atoms with E-state index in [2.05, 4.69) is 0 Å². The summed E-state index contributed by atoms with van der Waals surface area (Å²) in [5, 5.41) is 0. The summed E-state index contributed by atoms with van der Waals surface area (Å²) in [5.74, 6) is 0. The fourth-order valence-corrected chi connectivity index (χ4v) is 9.87. The van der Waals surface area contributed by atoms with Crippen molar-refractivity contribution in [2.75, 3.05) is 39.6 Å². The van der Waals surface area contributed by atoms with Gasteiger partial charge in [-0.1, -0.05) is 0 Å². The molecule has 9 heteroatoms. The molecule has 0 amide bonds. The second kappa shape index (κ2) is 10.2. The second-order valence-electron chi connectivity index (χ2n) is 3.85. The van der Waals surface area contributed by atoms with E-state index in [1.54, 1.807) is 0 Å². The van der Waals surface area contributed by atoms with Crippen LogP contribution in [0.3, 0.4) is 0 Å². The Labute approximate surface area is 130 Å². The maximum atomic E-state index is 5.88. The van der Waals surface area contributed by atoms with E-state index in [1.165, 1.54) is 0 Å². The van der Waals surface area contributed by atoms with E-state index in [9.17, 15) is 0 Å². The van der Waals surface area contributed by atoms with Crippen molar-refractivity contribution in [1.82, 2.24) is 12.3 Å². The van der Waals surface area contributed by atoms with Crippen molar-refractivity contribution in [3.8, 4) is 0 Å². The summed E-state index contributed by atoms with van der Waals surface area (Å²) in [4.78, 5) is 0. The van der Waals surface area contributed by atoms with Gasteiger partial charge in [-0.15, -0.1) is 0 Å². The molecule has 0 fully saturated rings. The van der Waals surface area contributed by atoms with Crippen LogP contribution in [0, 0.1) is 0 Å². The molecule has 0 saturated carbocycles. The largest absolute Gasteiger partial charge is 0.369 e. The molecular weight excluding hydrogens is 316 g/mol. The molecule has 0 saturated heterocycles. The Morgan fingerprint density at radius 3 is 0.667 bits per heavy atom. The van der Waals surface area contributed by atoms with Crippen LogP contribution >= 0.6 is 0 Å². The summed E-state index contributed by atoms with van der Waals surface area (Å²) in [5.41, 5.74) is 0. The van der Waals surface area contributed by atoms with Crippen LogP contribution in [0.2, 0.25) is 0 Å². The minimum absolute atomic E-state index is 0. The number of hydrogen-bond donors (Lipinski definition) is 2. The molecule has 0 aliphatic rings. The van der Waals surface area contributed by atoms with Crippen LogP contribution in [0.1, 0.15) is 41.5 Å². The van der Waals surface area contributed by atoms with Crippen LogP contribution in [0.5, 0.6) is 0 Å². The van der Waals surface area contributed by atoms with E-state index in [-0.39, 0.29) is 12.3 Å². The number of hydrogen-bond acceptors (Lipinski definition) is 6. The van der Waals surface area contributed by atoms with Gasteiger partial charge in [-0.05, 0) is 0 Å². The van der Waals surface area contributed by atoms with E-state index >= 15 is 0 Å². The Balaban J connectivity index is -0.00000162. The smallest absolute Gasteiger partial charge is 0.369 e. The summed E-state index contributed by atoms with van der Waals surface area (Å²) in [6, 6.07) is 0. The first-order valence-corrected chi connectivity index (χ1v) is 11.0. The van der Waals surface area contributed by atoms with Gasteiger partial charge in [0.05, 0.1) is 0 Å². The quantitative estimate of drug-likeness (QED) is 0.514. The normalized spacial score (nSPS) is 14.6. The Kier molecular flexibility index (Phi) is 12.8. The molecular formula is C12H38N2O6Ti. The molecule has 0 aromatic heterocycles. The molecule has 136 valence electrons. The molecule has 8 N–H and O–H groups in total. The first-order valence-electron chi connectivity index (χ1n) is 7.20. The molecule has 0 bridgehead atoms. The molecule has 0 spiro atoms. The van der Waals surface area contributed by atoms with Gasteiger partial charge in [0.1, 0.15) is 0 Å². The van der Waals surface area contributed by atoms with Crippen molar-refractivity contribution in [1.29, 1.82) is 0 Å². The van der Waals surface area contributed by atoms with Gasteiger partial charge in [0.25, 0.3) is 0 Å². The minimum Gasteiger partial charge on any atom is -0.369 e. The molecule has 0 aromatic rings. The van der Waals surface area contributed by atoms with Crippen LogP contribution in [-0.2, 0) is 36.3 Å². The molecule has 0 radical (unpaired) electrons. The van der Waals surface area contributed by atoms with E-state index < -0.39 is 16.4 Å². The Morgan fingerprint density at radius 2 is 0.571 bits per heavy atom. The van der Waals surface area contributed by atoms with Gasteiger partial charge in [0, 0.05) is 0 Å². The van der Waals surface area contributed by atoms with Crippen LogP contribution < -0.4 is 12.3 Å². The van der Waals surface area contributed by atoms with Gasteiger partial charge >= 0.3 is 117 Å². The fourth-order valence-electron chi connectivity index (χ4n) is 2.39. The van der Waals surface area contributed by atoms with Crippen LogP contribution in [0.4, 0.5) is 0 Å². The maximum absolute atomic E-state index is 5.88. The average Bonchev–Trinajstić information content (AvgIpc) is 2.31. The van der Waals surface area contributed by atoms with Crippen LogP contribution in [-0.4, -0.2) is 39.6 Å². The van der Waals surface area contributed by atoms with E-state index in [1.807, 2.05) is 41.5 Å². The van der Waals surface area contributed by atoms with Crippen molar-refractivity contribution >= 4 is 0 Å². The predicted octanol–water partition coefficient (Wildman–Crippen LogP) is 3.67. The summed E-state index contributed by atoms with van der Waals surface area (Å²) in [7, 11) is 0. The SMILES string of the molecule is CC[O][Ti-2]([O]CC)([O]CC)([O]CC)([O]CC)[O]CC.[NH4+].[NH4+]. The standard InChI is InChI=1S/6C2H5O.2H3N.Ti/c6*1-2-3;;;/h6*2H2,1H3;2*1H3;/q6*-1;;;+4/p+2. The molecule has 0 unspecified atom stereocenters. The zero-order chi connectivity index (χ0) is 14.9. The Morgan fingerprint density at radius 1 is 0.429 bits per heavy atom. The molecule has 8 nitrogen and oxygen atoms in total. The third kappa shape index (κ3) is 5.21. The molecule has 0 aromatic carbocycles. The maximum Gasteiger partial charge on any atom is -0.369 e. The summed E-state index contributed by atoms with van der Waals surface area (Å²) in [6.07, 6.45) is 0. The zero-order valence-electron chi connectivity index (χ0n) is 15.2. The van der Waals surface area contributed by atoms with E-state index in [0.29, 0.717) is 39.6 Å². The van der Waals surface area contributed by atoms with Crippen molar-refractivity contribution in [3.05, 3.63) is 0 Å². The summed E-state index contributed by atoms with van der Waals surface area (Å²) >= 11 is -5.82. The number of quaternary nitrogens is 2. The topological polar surface area (TPSA) is 128 Å². The van der Waals surface area contributed by atoms with Crippen molar-refractivity contribution in [2.24, 2.45) is 0 Å². The molecule has 0 atom stereocenters. The summed E-state index contributed by atoms with van der Waals surface area (Å²) in [6.45, 7) is 12.9. The average molecular weight is 354 g/mol. The van der Waals surface area contributed by atoms with E-state index in [4.69, 9.17) is 19.9 Å². The third-order valence-electron chi connectivity index (χ3n) is 2.63. The summed E-state index contributed by atoms with van der Waals surface area (Å²) < 4.78 is 35.3. The first kappa shape index (κ1) is 26.3. The molecule has 0 aliphatic carbocycles. The van der Waals surface area contributed by atoms with Crippen molar-refractivity contribution in [3.63, 3.8) is 0 Å². The minimum atomic E-state index is -5.82.